The van der Waals surface area contributed by atoms with Gasteiger partial charge in [-0.25, -0.2) is 4.39 Å². The van der Waals surface area contributed by atoms with E-state index in [1.54, 1.807) is 0 Å². The minimum atomic E-state index is -0.215. The van der Waals surface area contributed by atoms with E-state index in [1.807, 2.05) is 31.2 Å². The summed E-state index contributed by atoms with van der Waals surface area (Å²) in [6.45, 7) is 2.01. The van der Waals surface area contributed by atoms with Crippen LogP contribution in [0.1, 0.15) is 12.6 Å². The molecular formula is C18H19FN2. The lowest BCUT2D eigenvalue weighted by Gasteiger charge is -2.11. The Balaban J connectivity index is 2.30. The van der Waals surface area contributed by atoms with Gasteiger partial charge >= 0.3 is 0 Å². The number of fused-ring (bicyclic) bond motifs is 1. The van der Waals surface area contributed by atoms with Crippen molar-refractivity contribution >= 4 is 10.9 Å². The topological polar surface area (TPSA) is 30.9 Å². The minimum absolute atomic E-state index is 0.0761. The van der Waals surface area contributed by atoms with Crippen LogP contribution >= 0.6 is 0 Å². The van der Waals surface area contributed by atoms with E-state index in [9.17, 15) is 4.39 Å². The number of halogens is 1. The Morgan fingerprint density at radius 1 is 1.10 bits per heavy atom. The van der Waals surface area contributed by atoms with Gasteiger partial charge in [0.1, 0.15) is 5.82 Å². The molecule has 0 aliphatic rings. The summed E-state index contributed by atoms with van der Waals surface area (Å²) in [5.74, 6) is -0.215. The molecule has 0 bridgehead atoms. The zero-order chi connectivity index (χ0) is 15.0. The molecular weight excluding hydrogens is 263 g/mol. The van der Waals surface area contributed by atoms with E-state index in [0.29, 0.717) is 0 Å². The van der Waals surface area contributed by atoms with Crippen LogP contribution in [0.3, 0.4) is 0 Å². The first-order valence-electron chi connectivity index (χ1n) is 7.15. The second-order valence-electron chi connectivity index (χ2n) is 5.59. The van der Waals surface area contributed by atoms with Crippen LogP contribution in [0, 0.1) is 5.82 Å². The first kappa shape index (κ1) is 13.8. The van der Waals surface area contributed by atoms with Gasteiger partial charge in [-0.1, -0.05) is 30.3 Å². The van der Waals surface area contributed by atoms with E-state index in [-0.39, 0.29) is 11.9 Å². The molecule has 0 saturated carbocycles. The summed E-state index contributed by atoms with van der Waals surface area (Å²) in [6, 6.07) is 15.0. The zero-order valence-corrected chi connectivity index (χ0v) is 12.3. The van der Waals surface area contributed by atoms with Gasteiger partial charge in [0.25, 0.3) is 0 Å². The van der Waals surface area contributed by atoms with Crippen molar-refractivity contribution in [2.75, 3.05) is 0 Å². The van der Waals surface area contributed by atoms with Gasteiger partial charge in [-0.15, -0.1) is 0 Å². The highest BCUT2D eigenvalue weighted by molar-refractivity contribution is 5.98. The molecule has 3 rings (SSSR count). The molecule has 2 N–H and O–H groups in total. The maximum atomic E-state index is 13.2. The standard InChI is InChI=1S/C18H19FN2/c1-12(20)11-17-18(13-7-9-14(19)10-8-13)15-5-3-4-6-16(15)21(17)2/h3-10,12H,11,20H2,1-2H3. The summed E-state index contributed by atoms with van der Waals surface area (Å²) in [4.78, 5) is 0. The normalized spacial score (nSPS) is 12.8. The number of nitrogens with zero attached hydrogens (tertiary/aromatic N) is 1. The van der Waals surface area contributed by atoms with Crippen molar-refractivity contribution in [2.24, 2.45) is 12.8 Å². The quantitative estimate of drug-likeness (QED) is 0.776. The fourth-order valence-electron chi connectivity index (χ4n) is 2.93. The highest BCUT2D eigenvalue weighted by Gasteiger charge is 2.17. The number of rotatable bonds is 3. The fourth-order valence-corrected chi connectivity index (χ4v) is 2.93. The molecule has 108 valence electrons. The van der Waals surface area contributed by atoms with Crippen molar-refractivity contribution in [3.63, 3.8) is 0 Å². The second kappa shape index (κ2) is 5.34. The van der Waals surface area contributed by atoms with E-state index < -0.39 is 0 Å². The fraction of sp³-hybridized carbons (Fsp3) is 0.222. The largest absolute Gasteiger partial charge is 0.347 e. The van der Waals surface area contributed by atoms with Crippen molar-refractivity contribution in [1.82, 2.24) is 4.57 Å². The van der Waals surface area contributed by atoms with Gasteiger partial charge < -0.3 is 10.3 Å². The third-order valence-electron chi connectivity index (χ3n) is 3.88. The summed E-state index contributed by atoms with van der Waals surface area (Å²) in [7, 11) is 2.06. The van der Waals surface area contributed by atoms with Gasteiger partial charge in [0.15, 0.2) is 0 Å². The average Bonchev–Trinajstić information content (AvgIpc) is 2.73. The Morgan fingerprint density at radius 2 is 1.76 bits per heavy atom. The number of nitrogens with two attached hydrogens (primary N) is 1. The van der Waals surface area contributed by atoms with E-state index in [1.165, 1.54) is 28.7 Å². The molecule has 0 radical (unpaired) electrons. The molecule has 21 heavy (non-hydrogen) atoms. The second-order valence-corrected chi connectivity index (χ2v) is 5.59. The minimum Gasteiger partial charge on any atom is -0.347 e. The van der Waals surface area contributed by atoms with Gasteiger partial charge in [-0.05, 0) is 30.7 Å². The monoisotopic (exact) mass is 282 g/mol. The molecule has 1 atom stereocenters. The summed E-state index contributed by atoms with van der Waals surface area (Å²) in [5, 5.41) is 1.18. The van der Waals surface area contributed by atoms with Gasteiger partial charge in [0, 0.05) is 41.7 Å². The third-order valence-corrected chi connectivity index (χ3v) is 3.88. The van der Waals surface area contributed by atoms with E-state index in [4.69, 9.17) is 5.73 Å². The van der Waals surface area contributed by atoms with Crippen LogP contribution in [0.5, 0.6) is 0 Å². The summed E-state index contributed by atoms with van der Waals surface area (Å²) in [6.07, 6.45) is 0.790. The molecule has 3 heteroatoms. The molecule has 0 saturated heterocycles. The van der Waals surface area contributed by atoms with Crippen molar-refractivity contribution in [3.8, 4) is 11.1 Å². The van der Waals surface area contributed by atoms with Crippen LogP contribution in [0.4, 0.5) is 4.39 Å². The number of para-hydroxylation sites is 1. The number of aromatic nitrogens is 1. The lowest BCUT2D eigenvalue weighted by atomic mass is 9.99. The predicted molar refractivity (Wildman–Crippen MR) is 85.7 cm³/mol. The number of aryl methyl sites for hydroxylation is 1. The SMILES string of the molecule is CC(N)Cc1c(-c2ccc(F)cc2)c2ccccc2n1C. The van der Waals surface area contributed by atoms with E-state index in [0.717, 1.165) is 17.5 Å². The molecule has 1 unspecified atom stereocenters. The first-order chi connectivity index (χ1) is 10.1. The van der Waals surface area contributed by atoms with E-state index >= 15 is 0 Å². The van der Waals surface area contributed by atoms with Crippen LogP contribution < -0.4 is 5.73 Å². The zero-order valence-electron chi connectivity index (χ0n) is 12.3. The highest BCUT2D eigenvalue weighted by atomic mass is 19.1. The van der Waals surface area contributed by atoms with Crippen molar-refractivity contribution in [1.29, 1.82) is 0 Å². The number of benzene rings is 2. The van der Waals surface area contributed by atoms with Crippen molar-refractivity contribution in [2.45, 2.75) is 19.4 Å². The summed E-state index contributed by atoms with van der Waals surface area (Å²) >= 11 is 0. The molecule has 0 spiro atoms. The van der Waals surface area contributed by atoms with Crippen LogP contribution in [0.25, 0.3) is 22.0 Å². The van der Waals surface area contributed by atoms with Gasteiger partial charge in [-0.2, -0.15) is 0 Å². The van der Waals surface area contributed by atoms with Crippen LogP contribution in [-0.4, -0.2) is 10.6 Å². The lowest BCUT2D eigenvalue weighted by molar-refractivity contribution is 0.628. The summed E-state index contributed by atoms with van der Waals surface area (Å²) in [5.41, 5.74) is 10.6. The Labute approximate surface area is 124 Å². The maximum Gasteiger partial charge on any atom is 0.123 e. The Bertz CT molecular complexity index is 770. The number of hydrogen-bond acceptors (Lipinski definition) is 1. The van der Waals surface area contributed by atoms with Gasteiger partial charge in [0.2, 0.25) is 0 Å². The van der Waals surface area contributed by atoms with Crippen molar-refractivity contribution < 1.29 is 4.39 Å². The van der Waals surface area contributed by atoms with Crippen LogP contribution in [0.2, 0.25) is 0 Å². The Kier molecular flexibility index (Phi) is 3.52. The summed E-state index contributed by atoms with van der Waals surface area (Å²) < 4.78 is 15.4. The molecule has 2 nitrogen and oxygen atoms in total. The molecule has 1 heterocycles. The molecule has 3 aromatic rings. The van der Waals surface area contributed by atoms with Crippen LogP contribution in [-0.2, 0) is 13.5 Å². The smallest absolute Gasteiger partial charge is 0.123 e. The van der Waals surface area contributed by atoms with Crippen molar-refractivity contribution in [3.05, 3.63) is 60.0 Å². The first-order valence-corrected chi connectivity index (χ1v) is 7.15. The predicted octanol–water partition coefficient (Wildman–Crippen LogP) is 3.87. The molecule has 0 fully saturated rings. The van der Waals surface area contributed by atoms with Crippen LogP contribution in [0.15, 0.2) is 48.5 Å². The third kappa shape index (κ3) is 2.45. The average molecular weight is 282 g/mol. The van der Waals surface area contributed by atoms with E-state index in [2.05, 4.69) is 23.7 Å². The Morgan fingerprint density at radius 3 is 2.43 bits per heavy atom. The highest BCUT2D eigenvalue weighted by Crippen LogP contribution is 2.35. The molecule has 0 aliphatic heterocycles. The molecule has 0 aliphatic carbocycles. The Hall–Kier alpha value is -2.13. The molecule has 1 aromatic heterocycles. The number of hydrogen-bond donors (Lipinski definition) is 1. The maximum absolute atomic E-state index is 13.2. The molecule has 0 amide bonds. The van der Waals surface area contributed by atoms with Gasteiger partial charge in [-0.3, -0.25) is 0 Å². The molecule has 2 aromatic carbocycles. The van der Waals surface area contributed by atoms with Gasteiger partial charge in [0.05, 0.1) is 0 Å². The lowest BCUT2D eigenvalue weighted by Crippen LogP contribution is -2.19.